The maximum atomic E-state index is 11.3. The lowest BCUT2D eigenvalue weighted by atomic mass is 10.0. The van der Waals surface area contributed by atoms with E-state index in [1.54, 1.807) is 0 Å². The first-order valence-corrected chi connectivity index (χ1v) is 7.65. The van der Waals surface area contributed by atoms with Crippen molar-refractivity contribution in [3.63, 3.8) is 0 Å². The van der Waals surface area contributed by atoms with Gasteiger partial charge in [0.2, 0.25) is 0 Å². The van der Waals surface area contributed by atoms with Crippen LogP contribution in [0.1, 0.15) is 12.8 Å². The normalized spacial score (nSPS) is 17.4. The Kier molecular flexibility index (Phi) is 10.3. The maximum absolute atomic E-state index is 11.3. The average molecular weight is 387 g/mol. The fourth-order valence-corrected chi connectivity index (χ4v) is 2.31. The highest BCUT2D eigenvalue weighted by atomic mass is 32.1. The quantitative estimate of drug-likeness (QED) is 0.136. The van der Waals surface area contributed by atoms with Crippen molar-refractivity contribution in [3.8, 4) is 0 Å². The van der Waals surface area contributed by atoms with Crippen molar-refractivity contribution in [1.82, 2.24) is 4.90 Å². The minimum absolute atomic E-state index is 0.267. The second-order valence-electron chi connectivity index (χ2n) is 5.02. The summed E-state index contributed by atoms with van der Waals surface area (Å²) in [7, 11) is 0. The molecule has 24 heavy (non-hydrogen) atoms. The number of rotatable bonds is 11. The summed E-state index contributed by atoms with van der Waals surface area (Å²) in [5, 5.41) is 65.0. The standard InChI is InChI=1S/C12H21NO9S2/c14-4-7(16)10(20)9(19)6(15)3-13(12(23)24)5(11(21)22)1-2-8(17)18/h5-7,9-10,14-16,19-20H,1-4H2,(H,17,18)(H,21,22)(H,23,24). The Balaban J connectivity index is 5.12. The summed E-state index contributed by atoms with van der Waals surface area (Å²) in [5.74, 6) is -2.64. The monoisotopic (exact) mass is 387 g/mol. The van der Waals surface area contributed by atoms with Gasteiger partial charge in [-0.3, -0.25) is 4.79 Å². The number of aliphatic carboxylic acids is 2. The van der Waals surface area contributed by atoms with Crippen molar-refractivity contribution < 1.29 is 45.3 Å². The van der Waals surface area contributed by atoms with Crippen LogP contribution < -0.4 is 0 Å². The van der Waals surface area contributed by atoms with Crippen LogP contribution in [0.15, 0.2) is 0 Å². The molecule has 0 saturated heterocycles. The van der Waals surface area contributed by atoms with E-state index in [2.05, 4.69) is 12.6 Å². The van der Waals surface area contributed by atoms with Gasteiger partial charge in [-0.2, -0.15) is 0 Å². The summed E-state index contributed by atoms with van der Waals surface area (Å²) < 4.78 is -0.267. The Bertz CT molecular complexity index is 450. The summed E-state index contributed by atoms with van der Waals surface area (Å²) in [6, 6.07) is -1.42. The molecule has 0 aliphatic rings. The molecule has 0 saturated carbocycles. The minimum Gasteiger partial charge on any atom is -0.481 e. The zero-order valence-electron chi connectivity index (χ0n) is 12.5. The van der Waals surface area contributed by atoms with E-state index in [0.717, 1.165) is 4.90 Å². The zero-order chi connectivity index (χ0) is 19.0. The van der Waals surface area contributed by atoms with Crippen LogP contribution in [0.5, 0.6) is 0 Å². The van der Waals surface area contributed by atoms with Crippen LogP contribution in [0.25, 0.3) is 0 Å². The molecule has 0 radical (unpaired) electrons. The van der Waals surface area contributed by atoms with E-state index in [4.69, 9.17) is 22.4 Å². The lowest BCUT2D eigenvalue weighted by Gasteiger charge is -2.33. The highest BCUT2D eigenvalue weighted by Crippen LogP contribution is 2.15. The van der Waals surface area contributed by atoms with E-state index in [0.29, 0.717) is 0 Å². The van der Waals surface area contributed by atoms with Gasteiger partial charge < -0.3 is 40.6 Å². The molecule has 140 valence electrons. The number of hydrogen-bond donors (Lipinski definition) is 8. The third-order valence-corrected chi connectivity index (χ3v) is 3.74. The predicted octanol–water partition coefficient (Wildman–Crippen LogP) is -2.74. The first-order chi connectivity index (χ1) is 11.0. The van der Waals surface area contributed by atoms with Crippen molar-refractivity contribution in [1.29, 1.82) is 0 Å². The Morgan fingerprint density at radius 2 is 1.54 bits per heavy atom. The molecular weight excluding hydrogens is 366 g/mol. The maximum Gasteiger partial charge on any atom is 0.326 e. The summed E-state index contributed by atoms with van der Waals surface area (Å²) in [4.78, 5) is 22.8. The molecule has 12 heteroatoms. The van der Waals surface area contributed by atoms with Crippen LogP contribution in [0.4, 0.5) is 0 Å². The molecule has 5 unspecified atom stereocenters. The summed E-state index contributed by atoms with van der Waals surface area (Å²) in [6.07, 6.45) is -8.08. The second kappa shape index (κ2) is 10.8. The van der Waals surface area contributed by atoms with Crippen molar-refractivity contribution in [2.75, 3.05) is 13.2 Å². The molecule has 0 aliphatic carbocycles. The zero-order valence-corrected chi connectivity index (χ0v) is 14.2. The molecule has 0 spiro atoms. The molecule has 0 rings (SSSR count). The second-order valence-corrected chi connectivity index (χ2v) is 6.13. The van der Waals surface area contributed by atoms with Crippen LogP contribution in [-0.4, -0.2) is 101 Å². The van der Waals surface area contributed by atoms with Gasteiger partial charge in [-0.15, -0.1) is 12.6 Å². The van der Waals surface area contributed by atoms with Gasteiger partial charge in [-0.25, -0.2) is 4.79 Å². The highest BCUT2D eigenvalue weighted by molar-refractivity contribution is 8.10. The van der Waals surface area contributed by atoms with Gasteiger partial charge in [0, 0.05) is 13.0 Å². The average Bonchev–Trinajstić information content (AvgIpc) is 2.50. The van der Waals surface area contributed by atoms with Crippen LogP contribution in [-0.2, 0) is 9.59 Å². The smallest absolute Gasteiger partial charge is 0.326 e. The van der Waals surface area contributed by atoms with E-state index in [1.807, 2.05) is 0 Å². The molecule has 0 heterocycles. The topological polar surface area (TPSA) is 179 Å². The molecule has 0 aromatic carbocycles. The van der Waals surface area contributed by atoms with Gasteiger partial charge >= 0.3 is 11.9 Å². The fourth-order valence-electron chi connectivity index (χ4n) is 1.88. The van der Waals surface area contributed by atoms with E-state index in [-0.39, 0.29) is 10.7 Å². The molecule has 0 aliphatic heterocycles. The lowest BCUT2D eigenvalue weighted by Crippen LogP contribution is -2.53. The molecule has 0 aromatic rings. The van der Waals surface area contributed by atoms with E-state index in [9.17, 15) is 35.1 Å². The molecule has 7 N–H and O–H groups in total. The van der Waals surface area contributed by atoms with Crippen LogP contribution in [0.2, 0.25) is 0 Å². The SMILES string of the molecule is O=C(O)CCC(C(=O)O)N(CC(O)C(O)C(O)C(O)CO)C(=S)S. The number of aliphatic hydroxyl groups is 5. The number of hydrogen-bond acceptors (Lipinski definition) is 8. The number of aliphatic hydroxyl groups excluding tert-OH is 5. The lowest BCUT2D eigenvalue weighted by molar-refractivity contribution is -0.144. The number of carboxylic acids is 2. The van der Waals surface area contributed by atoms with Gasteiger partial charge in [-0.1, -0.05) is 12.2 Å². The fraction of sp³-hybridized carbons (Fsp3) is 0.750. The third kappa shape index (κ3) is 7.25. The number of carboxylic acid groups (broad SMARTS) is 2. The van der Waals surface area contributed by atoms with Crippen molar-refractivity contribution in [3.05, 3.63) is 0 Å². The van der Waals surface area contributed by atoms with Crippen LogP contribution >= 0.6 is 24.8 Å². The molecule has 0 fully saturated rings. The van der Waals surface area contributed by atoms with Gasteiger partial charge in [0.25, 0.3) is 0 Å². The highest BCUT2D eigenvalue weighted by Gasteiger charge is 2.34. The number of carbonyl (C=O) groups is 2. The van der Waals surface area contributed by atoms with Crippen LogP contribution in [0, 0.1) is 0 Å². The van der Waals surface area contributed by atoms with E-state index in [1.165, 1.54) is 0 Å². The number of thiol groups is 1. The Morgan fingerprint density at radius 1 is 1.04 bits per heavy atom. The van der Waals surface area contributed by atoms with Crippen molar-refractivity contribution >= 4 is 41.1 Å². The minimum atomic E-state index is -1.91. The van der Waals surface area contributed by atoms with Gasteiger partial charge in [0.05, 0.1) is 6.61 Å². The first kappa shape index (κ1) is 23.0. The molecule has 0 aromatic heterocycles. The van der Waals surface area contributed by atoms with E-state index >= 15 is 0 Å². The molecule has 0 bridgehead atoms. The Morgan fingerprint density at radius 3 is 1.92 bits per heavy atom. The van der Waals surface area contributed by atoms with Crippen molar-refractivity contribution in [2.24, 2.45) is 0 Å². The van der Waals surface area contributed by atoms with Crippen LogP contribution in [0.3, 0.4) is 0 Å². The molecular formula is C12H21NO9S2. The Hall–Kier alpha value is -1.02. The summed E-state index contributed by atoms with van der Waals surface area (Å²) in [5.41, 5.74) is 0. The summed E-state index contributed by atoms with van der Waals surface area (Å²) in [6.45, 7) is -1.45. The Labute approximate surface area is 148 Å². The number of thiocarbonyl (C=S) groups is 1. The molecule has 5 atom stereocenters. The number of nitrogens with zero attached hydrogens (tertiary/aromatic N) is 1. The van der Waals surface area contributed by atoms with Gasteiger partial charge in [0.1, 0.15) is 34.8 Å². The summed E-state index contributed by atoms with van der Waals surface area (Å²) >= 11 is 8.60. The van der Waals surface area contributed by atoms with Gasteiger partial charge in [-0.05, 0) is 6.42 Å². The van der Waals surface area contributed by atoms with Gasteiger partial charge in [0.15, 0.2) is 0 Å². The first-order valence-electron chi connectivity index (χ1n) is 6.80. The molecule has 0 amide bonds. The predicted molar refractivity (Wildman–Crippen MR) is 87.7 cm³/mol. The van der Waals surface area contributed by atoms with Crippen molar-refractivity contribution in [2.45, 2.75) is 43.3 Å². The third-order valence-electron chi connectivity index (χ3n) is 3.25. The largest absolute Gasteiger partial charge is 0.481 e. The van der Waals surface area contributed by atoms with E-state index < -0.39 is 62.0 Å². The molecule has 10 nitrogen and oxygen atoms in total.